The van der Waals surface area contributed by atoms with E-state index in [-0.39, 0.29) is 22.4 Å². The van der Waals surface area contributed by atoms with Gasteiger partial charge in [-0.15, -0.1) is 0 Å². The second-order valence-electron chi connectivity index (χ2n) is 4.11. The summed E-state index contributed by atoms with van der Waals surface area (Å²) in [5.74, 6) is -0.631. The third-order valence-electron chi connectivity index (χ3n) is 2.54. The highest BCUT2D eigenvalue weighted by molar-refractivity contribution is 5.93. The van der Waals surface area contributed by atoms with Gasteiger partial charge < -0.3 is 9.32 Å². The maximum absolute atomic E-state index is 11.8. The maximum atomic E-state index is 11.8. The molecule has 98 valence electrons. The lowest BCUT2D eigenvalue weighted by Crippen LogP contribution is -2.22. The van der Waals surface area contributed by atoms with Gasteiger partial charge in [-0.05, 0) is 6.07 Å². The molecule has 0 aliphatic carbocycles. The molecule has 0 radical (unpaired) electrons. The molecule has 0 bridgehead atoms. The van der Waals surface area contributed by atoms with Gasteiger partial charge in [-0.2, -0.15) is 0 Å². The molecule has 1 aromatic carbocycles. The molecule has 7 nitrogen and oxygen atoms in total. The van der Waals surface area contributed by atoms with Gasteiger partial charge in [0.05, 0.1) is 16.4 Å². The zero-order valence-electron chi connectivity index (χ0n) is 10.2. The maximum Gasteiger partial charge on any atom is 0.289 e. The Bertz CT molecular complexity index is 732. The van der Waals surface area contributed by atoms with Crippen molar-refractivity contribution in [1.82, 2.24) is 4.90 Å². The molecule has 0 saturated carbocycles. The number of amides is 1. The summed E-state index contributed by atoms with van der Waals surface area (Å²) in [6.45, 7) is 0. The first-order valence-electron chi connectivity index (χ1n) is 5.34. The lowest BCUT2D eigenvalue weighted by atomic mass is 10.2. The Hall–Kier alpha value is -2.70. The van der Waals surface area contributed by atoms with Crippen LogP contribution in [0.25, 0.3) is 11.0 Å². The number of hydrogen-bond donors (Lipinski definition) is 0. The molecule has 0 saturated heterocycles. The van der Waals surface area contributed by atoms with E-state index in [0.29, 0.717) is 0 Å². The smallest absolute Gasteiger partial charge is 0.289 e. The minimum atomic E-state index is -0.597. The topological polar surface area (TPSA) is 93.7 Å². The lowest BCUT2D eigenvalue weighted by molar-refractivity contribution is -0.384. The van der Waals surface area contributed by atoms with E-state index < -0.39 is 16.3 Å². The molecule has 0 unspecified atom stereocenters. The number of non-ortho nitro benzene ring substituents is 1. The summed E-state index contributed by atoms with van der Waals surface area (Å²) in [6, 6.07) is 4.73. The predicted octanol–water partition coefficient (Wildman–Crippen LogP) is 1.40. The van der Waals surface area contributed by atoms with E-state index in [2.05, 4.69) is 0 Å². The summed E-state index contributed by atoms with van der Waals surface area (Å²) in [5.41, 5.74) is -0.599. The van der Waals surface area contributed by atoms with Crippen LogP contribution in [0.5, 0.6) is 0 Å². The Morgan fingerprint density at radius 2 is 2.00 bits per heavy atom. The fraction of sp³-hybridized carbons (Fsp3) is 0.167. The standard InChI is InChI=1S/C12H10N2O5/c1-13(2)12(16)11-6-9(15)8-4-3-7(14(17)18)5-10(8)19-11/h3-6H,1-2H3. The van der Waals surface area contributed by atoms with Gasteiger partial charge in [-0.3, -0.25) is 19.7 Å². The molecule has 1 aromatic heterocycles. The number of nitrogens with zero attached hydrogens (tertiary/aromatic N) is 2. The Balaban J connectivity index is 2.69. The SMILES string of the molecule is CN(C)C(=O)c1cc(=O)c2ccc([N+](=O)[O-])cc2o1. The van der Waals surface area contributed by atoms with Gasteiger partial charge >= 0.3 is 0 Å². The van der Waals surface area contributed by atoms with E-state index in [4.69, 9.17) is 4.42 Å². The number of nitro benzene ring substituents is 1. The molecule has 2 rings (SSSR count). The Morgan fingerprint density at radius 3 is 2.58 bits per heavy atom. The van der Waals surface area contributed by atoms with Crippen LogP contribution in [-0.4, -0.2) is 29.8 Å². The van der Waals surface area contributed by atoms with Crippen LogP contribution >= 0.6 is 0 Å². The quantitative estimate of drug-likeness (QED) is 0.602. The molecule has 0 aliphatic rings. The molecule has 19 heavy (non-hydrogen) atoms. The van der Waals surface area contributed by atoms with Crippen LogP contribution in [0.2, 0.25) is 0 Å². The third-order valence-corrected chi connectivity index (χ3v) is 2.54. The molecule has 0 atom stereocenters. The Kier molecular flexibility index (Phi) is 3.04. The van der Waals surface area contributed by atoms with E-state index in [1.807, 2.05) is 0 Å². The van der Waals surface area contributed by atoms with Crippen molar-refractivity contribution in [3.63, 3.8) is 0 Å². The molecule has 0 fully saturated rings. The highest BCUT2D eigenvalue weighted by Crippen LogP contribution is 2.19. The van der Waals surface area contributed by atoms with Crippen LogP contribution in [-0.2, 0) is 0 Å². The molecular formula is C12H10N2O5. The van der Waals surface area contributed by atoms with Crippen molar-refractivity contribution in [2.24, 2.45) is 0 Å². The van der Waals surface area contributed by atoms with E-state index in [9.17, 15) is 19.7 Å². The molecular weight excluding hydrogens is 252 g/mol. The van der Waals surface area contributed by atoms with Gasteiger partial charge in [0.2, 0.25) is 0 Å². The van der Waals surface area contributed by atoms with Gasteiger partial charge in [0.1, 0.15) is 5.58 Å². The third kappa shape index (κ3) is 2.30. The van der Waals surface area contributed by atoms with Gasteiger partial charge in [0.25, 0.3) is 11.6 Å². The summed E-state index contributed by atoms with van der Waals surface area (Å²) in [6.07, 6.45) is 0. The summed E-state index contributed by atoms with van der Waals surface area (Å²) in [7, 11) is 3.03. The van der Waals surface area contributed by atoms with Crippen LogP contribution < -0.4 is 5.43 Å². The summed E-state index contributed by atoms with van der Waals surface area (Å²) >= 11 is 0. The number of carbonyl (C=O) groups excluding carboxylic acids is 1. The molecule has 2 aromatic rings. The molecule has 0 aliphatic heterocycles. The first-order valence-corrected chi connectivity index (χ1v) is 5.34. The monoisotopic (exact) mass is 262 g/mol. The number of rotatable bonds is 2. The van der Waals surface area contributed by atoms with Crippen LogP contribution in [0, 0.1) is 10.1 Å². The predicted molar refractivity (Wildman–Crippen MR) is 67.2 cm³/mol. The Morgan fingerprint density at radius 1 is 1.32 bits per heavy atom. The van der Waals surface area contributed by atoms with Crippen molar-refractivity contribution in [2.45, 2.75) is 0 Å². The van der Waals surface area contributed by atoms with Crippen LogP contribution in [0.4, 0.5) is 5.69 Å². The highest BCUT2D eigenvalue weighted by Gasteiger charge is 2.16. The average Bonchev–Trinajstić information content (AvgIpc) is 2.36. The zero-order chi connectivity index (χ0) is 14.2. The number of benzene rings is 1. The summed E-state index contributed by atoms with van der Waals surface area (Å²) in [4.78, 5) is 34.8. The van der Waals surface area contributed by atoms with Gasteiger partial charge in [-0.25, -0.2) is 0 Å². The largest absolute Gasteiger partial charge is 0.450 e. The minimum Gasteiger partial charge on any atom is -0.450 e. The lowest BCUT2D eigenvalue weighted by Gasteiger charge is -2.09. The fourth-order valence-electron chi connectivity index (χ4n) is 1.58. The summed E-state index contributed by atoms with van der Waals surface area (Å²) < 4.78 is 5.26. The molecule has 0 spiro atoms. The van der Waals surface area contributed by atoms with E-state index in [1.54, 1.807) is 0 Å². The van der Waals surface area contributed by atoms with Crippen LogP contribution in [0.1, 0.15) is 10.6 Å². The van der Waals surface area contributed by atoms with Crippen molar-refractivity contribution in [3.8, 4) is 0 Å². The normalized spacial score (nSPS) is 10.4. The van der Waals surface area contributed by atoms with E-state index in [1.165, 1.54) is 31.1 Å². The van der Waals surface area contributed by atoms with Crippen molar-refractivity contribution >= 4 is 22.6 Å². The van der Waals surface area contributed by atoms with Gasteiger partial charge in [0, 0.05) is 26.2 Å². The van der Waals surface area contributed by atoms with Gasteiger partial charge in [-0.1, -0.05) is 0 Å². The van der Waals surface area contributed by atoms with Crippen molar-refractivity contribution in [2.75, 3.05) is 14.1 Å². The van der Waals surface area contributed by atoms with E-state index >= 15 is 0 Å². The first-order chi connectivity index (χ1) is 8.90. The second-order valence-corrected chi connectivity index (χ2v) is 4.11. The number of carbonyl (C=O) groups is 1. The molecule has 1 heterocycles. The van der Waals surface area contributed by atoms with Crippen molar-refractivity contribution in [3.05, 3.63) is 50.4 Å². The van der Waals surface area contributed by atoms with Gasteiger partial charge in [0.15, 0.2) is 11.2 Å². The number of hydrogen-bond acceptors (Lipinski definition) is 5. The van der Waals surface area contributed by atoms with E-state index in [0.717, 1.165) is 12.1 Å². The second kappa shape index (κ2) is 4.52. The number of nitro groups is 1. The Labute approximate surface area is 107 Å². The average molecular weight is 262 g/mol. The minimum absolute atomic E-state index is 0.0203. The molecule has 1 amide bonds. The highest BCUT2D eigenvalue weighted by atomic mass is 16.6. The zero-order valence-corrected chi connectivity index (χ0v) is 10.2. The number of fused-ring (bicyclic) bond motifs is 1. The van der Waals surface area contributed by atoms with Crippen LogP contribution in [0.15, 0.2) is 33.5 Å². The van der Waals surface area contributed by atoms with Crippen LogP contribution in [0.3, 0.4) is 0 Å². The summed E-state index contributed by atoms with van der Waals surface area (Å²) in [5, 5.41) is 10.9. The first kappa shape index (κ1) is 12.7. The van der Waals surface area contributed by atoms with Crippen molar-refractivity contribution < 1.29 is 14.1 Å². The van der Waals surface area contributed by atoms with Crippen molar-refractivity contribution in [1.29, 1.82) is 0 Å². The fourth-order valence-corrected chi connectivity index (χ4v) is 1.58. The molecule has 0 N–H and O–H groups in total. The molecule has 7 heteroatoms.